The van der Waals surface area contributed by atoms with Crippen LogP contribution in [0.3, 0.4) is 0 Å². The molecular formula is C11H18F3NO3. The zero-order valence-corrected chi connectivity index (χ0v) is 10.4. The Morgan fingerprint density at radius 1 is 1.56 bits per heavy atom. The number of halogens is 3. The first kappa shape index (κ1) is 15.2. The molecule has 2 N–H and O–H groups in total. The van der Waals surface area contributed by atoms with Crippen LogP contribution in [-0.2, 0) is 9.53 Å². The van der Waals surface area contributed by atoms with Gasteiger partial charge in [0.25, 0.3) is 0 Å². The molecule has 2 unspecified atom stereocenters. The van der Waals surface area contributed by atoms with E-state index in [0.29, 0.717) is 6.42 Å². The molecule has 7 heteroatoms. The van der Waals surface area contributed by atoms with Crippen molar-refractivity contribution in [3.63, 3.8) is 0 Å². The summed E-state index contributed by atoms with van der Waals surface area (Å²) in [4.78, 5) is 11.3. The Kier molecular flexibility index (Phi) is 4.61. The molecule has 0 aromatic heterocycles. The fourth-order valence-electron chi connectivity index (χ4n) is 2.29. The van der Waals surface area contributed by atoms with Gasteiger partial charge in [-0.2, -0.15) is 13.2 Å². The number of ether oxygens (including phenoxy) is 1. The predicted octanol–water partition coefficient (Wildman–Crippen LogP) is 1.94. The van der Waals surface area contributed by atoms with E-state index in [-0.39, 0.29) is 18.9 Å². The maximum atomic E-state index is 12.0. The van der Waals surface area contributed by atoms with Gasteiger partial charge < -0.3 is 9.84 Å². The highest BCUT2D eigenvalue weighted by Gasteiger charge is 2.47. The van der Waals surface area contributed by atoms with Crippen LogP contribution in [0, 0.1) is 0 Å². The van der Waals surface area contributed by atoms with E-state index in [4.69, 9.17) is 4.74 Å². The summed E-state index contributed by atoms with van der Waals surface area (Å²) in [5, 5.41) is 12.1. The summed E-state index contributed by atoms with van der Waals surface area (Å²) in [5.41, 5.74) is -1.16. The summed E-state index contributed by atoms with van der Waals surface area (Å²) in [6, 6.07) is -0.0533. The van der Waals surface area contributed by atoms with Crippen molar-refractivity contribution in [2.45, 2.75) is 57.0 Å². The Labute approximate surface area is 103 Å². The van der Waals surface area contributed by atoms with Gasteiger partial charge >= 0.3 is 12.1 Å². The van der Waals surface area contributed by atoms with Crippen LogP contribution in [0.1, 0.15) is 33.1 Å². The van der Waals surface area contributed by atoms with Gasteiger partial charge in [-0.1, -0.05) is 0 Å². The third-order valence-electron chi connectivity index (χ3n) is 2.93. The SMILES string of the molecule is CC(C)NC1(C(=O)O)CCC(OCC(F)(F)F)C1. The lowest BCUT2D eigenvalue weighted by atomic mass is 9.96. The second-order valence-corrected chi connectivity index (χ2v) is 4.98. The van der Waals surface area contributed by atoms with Gasteiger partial charge in [0.1, 0.15) is 12.1 Å². The molecule has 1 aliphatic rings. The van der Waals surface area contributed by atoms with Crippen LogP contribution in [0.5, 0.6) is 0 Å². The third-order valence-corrected chi connectivity index (χ3v) is 2.93. The van der Waals surface area contributed by atoms with Crippen molar-refractivity contribution < 1.29 is 27.8 Å². The van der Waals surface area contributed by atoms with Gasteiger partial charge in [0.15, 0.2) is 0 Å². The van der Waals surface area contributed by atoms with Crippen molar-refractivity contribution in [1.29, 1.82) is 0 Å². The molecule has 0 aliphatic heterocycles. The molecule has 0 saturated heterocycles. The van der Waals surface area contributed by atoms with Crippen molar-refractivity contribution in [3.05, 3.63) is 0 Å². The van der Waals surface area contributed by atoms with E-state index in [2.05, 4.69) is 5.32 Å². The summed E-state index contributed by atoms with van der Waals surface area (Å²) in [6.45, 7) is 2.28. The smallest absolute Gasteiger partial charge is 0.411 e. The van der Waals surface area contributed by atoms with Crippen molar-refractivity contribution >= 4 is 5.97 Å². The Bertz CT molecular complexity index is 306. The summed E-state index contributed by atoms with van der Waals surface area (Å²) < 4.78 is 40.8. The average Bonchev–Trinajstić information content (AvgIpc) is 2.58. The number of carboxylic acids is 1. The van der Waals surface area contributed by atoms with Crippen LogP contribution in [0.15, 0.2) is 0 Å². The Morgan fingerprint density at radius 2 is 2.17 bits per heavy atom. The minimum atomic E-state index is -4.38. The second-order valence-electron chi connectivity index (χ2n) is 4.98. The molecule has 2 atom stereocenters. The fraction of sp³-hybridized carbons (Fsp3) is 0.909. The Morgan fingerprint density at radius 3 is 2.61 bits per heavy atom. The van der Waals surface area contributed by atoms with Crippen LogP contribution < -0.4 is 5.32 Å². The van der Waals surface area contributed by atoms with Crippen molar-refractivity contribution in [3.8, 4) is 0 Å². The molecule has 0 bridgehead atoms. The first-order valence-corrected chi connectivity index (χ1v) is 5.84. The maximum Gasteiger partial charge on any atom is 0.411 e. The molecule has 0 aromatic carbocycles. The van der Waals surface area contributed by atoms with Gasteiger partial charge in [-0.25, -0.2) is 0 Å². The maximum absolute atomic E-state index is 12.0. The summed E-state index contributed by atoms with van der Waals surface area (Å²) in [5.74, 6) is -1.03. The van der Waals surface area contributed by atoms with E-state index < -0.39 is 30.4 Å². The lowest BCUT2D eigenvalue weighted by Gasteiger charge is -2.28. The summed E-state index contributed by atoms with van der Waals surface area (Å²) in [6.07, 6.45) is -4.37. The fourth-order valence-corrected chi connectivity index (χ4v) is 2.29. The molecule has 1 fully saturated rings. The molecule has 0 aromatic rings. The monoisotopic (exact) mass is 269 g/mol. The predicted molar refractivity (Wildman–Crippen MR) is 58.3 cm³/mol. The molecular weight excluding hydrogens is 251 g/mol. The van der Waals surface area contributed by atoms with Crippen molar-refractivity contribution in [2.75, 3.05) is 6.61 Å². The summed E-state index contributed by atoms with van der Waals surface area (Å²) >= 11 is 0. The highest BCUT2D eigenvalue weighted by molar-refractivity contribution is 5.79. The summed E-state index contributed by atoms with van der Waals surface area (Å²) in [7, 11) is 0. The standard InChI is InChI=1S/C11H18F3NO3/c1-7(2)15-10(9(16)17)4-3-8(5-10)18-6-11(12,13)14/h7-8,15H,3-6H2,1-2H3,(H,16,17). The van der Waals surface area contributed by atoms with Crippen molar-refractivity contribution in [2.24, 2.45) is 0 Å². The molecule has 0 radical (unpaired) electrons. The lowest BCUT2D eigenvalue weighted by molar-refractivity contribution is -0.185. The number of carboxylic acid groups (broad SMARTS) is 1. The number of alkyl halides is 3. The second kappa shape index (κ2) is 5.44. The molecule has 0 spiro atoms. The van der Waals surface area contributed by atoms with Gasteiger partial charge in [0, 0.05) is 12.5 Å². The van der Waals surface area contributed by atoms with Gasteiger partial charge in [-0.05, 0) is 26.7 Å². The number of aliphatic carboxylic acids is 1. The van der Waals surface area contributed by atoms with Gasteiger partial charge in [0.2, 0.25) is 0 Å². The number of rotatable bonds is 5. The van der Waals surface area contributed by atoms with Gasteiger partial charge in [-0.3, -0.25) is 10.1 Å². The molecule has 0 amide bonds. The molecule has 4 nitrogen and oxygen atoms in total. The third kappa shape index (κ3) is 4.13. The van der Waals surface area contributed by atoms with Gasteiger partial charge in [0.05, 0.1) is 6.10 Å². The molecule has 1 rings (SSSR count). The molecule has 106 valence electrons. The normalized spacial score (nSPS) is 28.9. The van der Waals surface area contributed by atoms with Crippen LogP contribution in [-0.4, -0.2) is 41.5 Å². The number of hydrogen-bond donors (Lipinski definition) is 2. The number of nitrogens with one attached hydrogen (secondary N) is 1. The molecule has 0 heterocycles. The lowest BCUT2D eigenvalue weighted by Crippen LogP contribution is -2.53. The van der Waals surface area contributed by atoms with Crippen LogP contribution in [0.4, 0.5) is 13.2 Å². The van der Waals surface area contributed by atoms with E-state index >= 15 is 0 Å². The molecule has 18 heavy (non-hydrogen) atoms. The highest BCUT2D eigenvalue weighted by Crippen LogP contribution is 2.33. The first-order chi connectivity index (χ1) is 8.15. The van der Waals surface area contributed by atoms with E-state index in [1.165, 1.54) is 0 Å². The van der Waals surface area contributed by atoms with E-state index in [1.807, 2.05) is 0 Å². The zero-order chi connectivity index (χ0) is 14.0. The highest BCUT2D eigenvalue weighted by atomic mass is 19.4. The zero-order valence-electron chi connectivity index (χ0n) is 10.4. The minimum Gasteiger partial charge on any atom is -0.480 e. The molecule has 1 aliphatic carbocycles. The van der Waals surface area contributed by atoms with Gasteiger partial charge in [-0.15, -0.1) is 0 Å². The van der Waals surface area contributed by atoms with E-state index in [9.17, 15) is 23.1 Å². The number of carbonyl (C=O) groups is 1. The Hall–Kier alpha value is -0.820. The topological polar surface area (TPSA) is 58.6 Å². The first-order valence-electron chi connectivity index (χ1n) is 5.84. The number of hydrogen-bond acceptors (Lipinski definition) is 3. The van der Waals surface area contributed by atoms with Crippen LogP contribution >= 0.6 is 0 Å². The Balaban J connectivity index is 2.58. The van der Waals surface area contributed by atoms with Crippen LogP contribution in [0.25, 0.3) is 0 Å². The largest absolute Gasteiger partial charge is 0.480 e. The molecule has 1 saturated carbocycles. The quantitative estimate of drug-likeness (QED) is 0.800. The van der Waals surface area contributed by atoms with Crippen molar-refractivity contribution in [1.82, 2.24) is 5.32 Å². The minimum absolute atomic E-state index is 0.0533. The van der Waals surface area contributed by atoms with E-state index in [1.54, 1.807) is 13.8 Å². The van der Waals surface area contributed by atoms with Crippen LogP contribution in [0.2, 0.25) is 0 Å². The average molecular weight is 269 g/mol. The van der Waals surface area contributed by atoms with E-state index in [0.717, 1.165) is 0 Å².